The zero-order valence-electron chi connectivity index (χ0n) is 16.5. The van der Waals surface area contributed by atoms with Crippen LogP contribution < -0.4 is 0 Å². The maximum Gasteiger partial charge on any atom is 0.254 e. The van der Waals surface area contributed by atoms with Crippen LogP contribution in [0.25, 0.3) is 0 Å². The number of phenolic OH excluding ortho intramolecular Hbond substituents is 1. The summed E-state index contributed by atoms with van der Waals surface area (Å²) in [6.07, 6.45) is 17.4. The summed E-state index contributed by atoms with van der Waals surface area (Å²) >= 11 is 0. The third-order valence-electron chi connectivity index (χ3n) is 5.43. The van der Waals surface area contributed by atoms with Crippen LogP contribution in [0.4, 0.5) is 4.39 Å². The van der Waals surface area contributed by atoms with Crippen LogP contribution in [0.1, 0.15) is 67.8 Å². The van der Waals surface area contributed by atoms with Crippen molar-refractivity contribution < 1.29 is 19.4 Å². The normalized spacial score (nSPS) is 17.3. The van der Waals surface area contributed by atoms with Gasteiger partial charge in [-0.25, -0.2) is 4.39 Å². The molecule has 5 heteroatoms. The Morgan fingerprint density at radius 1 is 1.26 bits per heavy atom. The second kappa shape index (κ2) is 11.6. The second-order valence-corrected chi connectivity index (χ2v) is 7.36. The Bertz CT molecular complexity index is 623. The molecule has 1 fully saturated rings. The van der Waals surface area contributed by atoms with E-state index < -0.39 is 11.6 Å². The van der Waals surface area contributed by atoms with Gasteiger partial charge in [-0.3, -0.25) is 4.79 Å². The lowest BCUT2D eigenvalue weighted by Crippen LogP contribution is -2.17. The lowest BCUT2D eigenvalue weighted by atomic mass is 9.79. The third kappa shape index (κ3) is 6.55. The lowest BCUT2D eigenvalue weighted by Gasteiger charge is -2.27. The van der Waals surface area contributed by atoms with Crippen LogP contribution in [0, 0.1) is 30.5 Å². The minimum Gasteiger partial charge on any atom is -0.505 e. The number of fused-ring (bicyclic) bond motifs is 1. The molecule has 1 aromatic carbocycles. The highest BCUT2D eigenvalue weighted by molar-refractivity contribution is 5.98. The highest BCUT2D eigenvalue weighted by Gasteiger charge is 2.26. The van der Waals surface area contributed by atoms with Gasteiger partial charge in [0.2, 0.25) is 0 Å². The first-order valence-corrected chi connectivity index (χ1v) is 9.65. The largest absolute Gasteiger partial charge is 0.505 e. The second-order valence-electron chi connectivity index (χ2n) is 7.36. The molecule has 1 aliphatic carbocycles. The number of benzene rings is 1. The highest BCUT2D eigenvalue weighted by atomic mass is 19.1. The molecule has 1 atom stereocenters. The number of rotatable bonds is 4. The summed E-state index contributed by atoms with van der Waals surface area (Å²) in [7, 11) is 1.64. The molecule has 0 aromatic heterocycles. The molecular weight excluding hydrogens is 345 g/mol. The average molecular weight is 378 g/mol. The van der Waals surface area contributed by atoms with E-state index in [1.807, 2.05) is 0 Å². The standard InChI is InChI=1S/C11H22O.C9H8FNO2.C2H2/c1-10(6-5-9-12)11-7-3-2-4-8-11;1-11-4-5-2-7(10)8(12)3-6(5)9(11)13;1-2/h10-12H,2-9H2,1H3;2-3,12H,4H2,1H3;1-2H. The van der Waals surface area contributed by atoms with E-state index in [4.69, 9.17) is 10.2 Å². The van der Waals surface area contributed by atoms with Crippen molar-refractivity contribution in [1.82, 2.24) is 4.90 Å². The van der Waals surface area contributed by atoms with Gasteiger partial charge in [-0.05, 0) is 42.4 Å². The highest BCUT2D eigenvalue weighted by Crippen LogP contribution is 2.32. The summed E-state index contributed by atoms with van der Waals surface area (Å²) in [6.45, 7) is 3.13. The Labute approximate surface area is 162 Å². The number of aliphatic hydroxyl groups excluding tert-OH is 1. The molecule has 150 valence electrons. The molecule has 0 radical (unpaired) electrons. The Morgan fingerprint density at radius 2 is 1.89 bits per heavy atom. The number of terminal acetylenes is 1. The average Bonchev–Trinajstić information content (AvgIpc) is 2.96. The van der Waals surface area contributed by atoms with Gasteiger partial charge >= 0.3 is 0 Å². The van der Waals surface area contributed by atoms with E-state index in [1.54, 1.807) is 7.05 Å². The maximum absolute atomic E-state index is 12.8. The zero-order valence-corrected chi connectivity index (χ0v) is 16.5. The van der Waals surface area contributed by atoms with E-state index in [9.17, 15) is 9.18 Å². The number of nitrogens with zero attached hydrogens (tertiary/aromatic N) is 1. The first-order chi connectivity index (χ1) is 12.9. The van der Waals surface area contributed by atoms with Gasteiger partial charge in [-0.1, -0.05) is 39.0 Å². The third-order valence-corrected chi connectivity index (χ3v) is 5.43. The van der Waals surface area contributed by atoms with Gasteiger partial charge < -0.3 is 15.1 Å². The fraction of sp³-hybridized carbons (Fsp3) is 0.591. The maximum atomic E-state index is 12.8. The van der Waals surface area contributed by atoms with Gasteiger partial charge in [0.25, 0.3) is 5.91 Å². The first-order valence-electron chi connectivity index (χ1n) is 9.65. The van der Waals surface area contributed by atoms with Gasteiger partial charge in [-0.15, -0.1) is 12.8 Å². The van der Waals surface area contributed by atoms with E-state index in [0.29, 0.717) is 24.3 Å². The summed E-state index contributed by atoms with van der Waals surface area (Å²) in [4.78, 5) is 12.8. The SMILES string of the molecule is C#C.CC(CCCO)C1CCCCC1.CN1Cc2cc(F)c(O)cc2C1=O. The first kappa shape index (κ1) is 23.0. The minimum atomic E-state index is -0.679. The Morgan fingerprint density at radius 3 is 2.48 bits per heavy atom. The molecule has 2 N–H and O–H groups in total. The molecule has 3 rings (SSSR count). The number of hydrogen-bond acceptors (Lipinski definition) is 3. The zero-order chi connectivity index (χ0) is 20.4. The molecule has 2 aliphatic rings. The summed E-state index contributed by atoms with van der Waals surface area (Å²) in [5, 5.41) is 17.8. The summed E-state index contributed by atoms with van der Waals surface area (Å²) in [5.74, 6) is 0.484. The number of carbonyl (C=O) groups is 1. The van der Waals surface area contributed by atoms with Crippen molar-refractivity contribution in [3.8, 4) is 18.6 Å². The van der Waals surface area contributed by atoms with Crippen molar-refractivity contribution in [2.45, 2.75) is 58.4 Å². The van der Waals surface area contributed by atoms with Crippen molar-refractivity contribution in [1.29, 1.82) is 0 Å². The number of hydrogen-bond donors (Lipinski definition) is 2. The van der Waals surface area contributed by atoms with Crippen LogP contribution in [0.2, 0.25) is 0 Å². The summed E-state index contributed by atoms with van der Waals surface area (Å²) < 4.78 is 12.8. The molecular formula is C22H32FNO3. The number of aliphatic hydroxyl groups is 1. The number of phenols is 1. The molecule has 1 saturated carbocycles. The van der Waals surface area contributed by atoms with E-state index in [2.05, 4.69) is 19.8 Å². The minimum absolute atomic E-state index is 0.176. The van der Waals surface area contributed by atoms with Gasteiger partial charge in [0.15, 0.2) is 11.6 Å². The molecule has 4 nitrogen and oxygen atoms in total. The quantitative estimate of drug-likeness (QED) is 0.767. The van der Waals surface area contributed by atoms with Crippen molar-refractivity contribution in [3.05, 3.63) is 29.1 Å². The van der Waals surface area contributed by atoms with Crippen LogP contribution in [-0.2, 0) is 6.54 Å². The van der Waals surface area contributed by atoms with Crippen molar-refractivity contribution >= 4 is 5.91 Å². The number of halogens is 1. The van der Waals surface area contributed by atoms with E-state index >= 15 is 0 Å². The molecule has 1 aromatic rings. The van der Waals surface area contributed by atoms with Crippen LogP contribution in [0.5, 0.6) is 5.75 Å². The van der Waals surface area contributed by atoms with Gasteiger partial charge in [0.1, 0.15) is 0 Å². The molecule has 0 spiro atoms. The van der Waals surface area contributed by atoms with E-state index in [1.165, 1.54) is 55.6 Å². The molecule has 0 bridgehead atoms. The number of amides is 1. The fourth-order valence-electron chi connectivity index (χ4n) is 3.82. The molecule has 27 heavy (non-hydrogen) atoms. The van der Waals surface area contributed by atoms with Crippen LogP contribution in [0.15, 0.2) is 12.1 Å². The Balaban J connectivity index is 0.000000248. The molecule has 1 unspecified atom stereocenters. The molecule has 0 saturated heterocycles. The van der Waals surface area contributed by atoms with Crippen LogP contribution in [0.3, 0.4) is 0 Å². The predicted molar refractivity (Wildman–Crippen MR) is 106 cm³/mol. The summed E-state index contributed by atoms with van der Waals surface area (Å²) in [5.41, 5.74) is 1.02. The number of carbonyl (C=O) groups excluding carboxylic acids is 1. The van der Waals surface area contributed by atoms with E-state index in [0.717, 1.165) is 18.3 Å². The predicted octanol–water partition coefficient (Wildman–Crippen LogP) is 4.34. The van der Waals surface area contributed by atoms with E-state index in [-0.39, 0.29) is 5.91 Å². The fourth-order valence-corrected chi connectivity index (χ4v) is 3.82. The summed E-state index contributed by atoms with van der Waals surface area (Å²) in [6, 6.07) is 2.38. The van der Waals surface area contributed by atoms with Gasteiger partial charge in [-0.2, -0.15) is 0 Å². The van der Waals surface area contributed by atoms with Gasteiger partial charge in [0, 0.05) is 25.8 Å². The molecule has 1 aliphatic heterocycles. The molecule has 1 amide bonds. The van der Waals surface area contributed by atoms with Gasteiger partial charge in [0.05, 0.1) is 0 Å². The lowest BCUT2D eigenvalue weighted by molar-refractivity contribution is 0.0816. The van der Waals surface area contributed by atoms with Crippen molar-refractivity contribution in [2.24, 2.45) is 11.8 Å². The van der Waals surface area contributed by atoms with Crippen molar-refractivity contribution in [2.75, 3.05) is 13.7 Å². The molecule has 1 heterocycles. The topological polar surface area (TPSA) is 60.8 Å². The number of aromatic hydroxyl groups is 1. The smallest absolute Gasteiger partial charge is 0.254 e. The van der Waals surface area contributed by atoms with Crippen LogP contribution >= 0.6 is 0 Å². The van der Waals surface area contributed by atoms with Crippen molar-refractivity contribution in [3.63, 3.8) is 0 Å². The van der Waals surface area contributed by atoms with Crippen LogP contribution in [-0.4, -0.2) is 34.7 Å². The Kier molecular flexibility index (Phi) is 9.88. The Hall–Kier alpha value is -2.06. The monoisotopic (exact) mass is 377 g/mol.